The molecule has 2 aromatic carbocycles. The van der Waals surface area contributed by atoms with Gasteiger partial charge < -0.3 is 10.6 Å². The van der Waals surface area contributed by atoms with Crippen LogP contribution in [-0.4, -0.2) is 12.6 Å². The number of amides is 2. The van der Waals surface area contributed by atoms with Gasteiger partial charge in [-0.05, 0) is 29.5 Å². The van der Waals surface area contributed by atoms with E-state index in [-0.39, 0.29) is 12.1 Å². The largest absolute Gasteiger partial charge is 0.338 e. The summed E-state index contributed by atoms with van der Waals surface area (Å²) in [6.07, 6.45) is 0. The van der Waals surface area contributed by atoms with Gasteiger partial charge in [0.15, 0.2) is 0 Å². The lowest BCUT2D eigenvalue weighted by Crippen LogP contribution is -2.38. The molecule has 0 aromatic heterocycles. The Hall–Kier alpha value is -2.29. The first-order valence-electron chi connectivity index (χ1n) is 7.76. The molecule has 2 N–H and O–H groups in total. The van der Waals surface area contributed by atoms with E-state index in [4.69, 9.17) is 0 Å². The number of rotatable bonds is 5. The van der Waals surface area contributed by atoms with Crippen molar-refractivity contribution in [3.05, 3.63) is 60.2 Å². The van der Waals surface area contributed by atoms with E-state index in [1.807, 2.05) is 25.1 Å². The highest BCUT2D eigenvalue weighted by atomic mass is 16.2. The first-order valence-corrected chi connectivity index (χ1v) is 7.76. The molecule has 0 saturated carbocycles. The minimum absolute atomic E-state index is 0.0167. The fourth-order valence-corrected chi connectivity index (χ4v) is 2.22. The third kappa shape index (κ3) is 4.62. The summed E-state index contributed by atoms with van der Waals surface area (Å²) in [6.45, 7) is 6.83. The van der Waals surface area contributed by atoms with Crippen molar-refractivity contribution >= 4 is 6.03 Å². The second-order valence-corrected chi connectivity index (χ2v) is 5.96. The number of benzene rings is 2. The molecule has 3 heteroatoms. The number of nitrogens with one attached hydrogen (secondary N) is 2. The van der Waals surface area contributed by atoms with E-state index in [9.17, 15) is 4.79 Å². The molecule has 0 fully saturated rings. The van der Waals surface area contributed by atoms with E-state index in [0.29, 0.717) is 12.5 Å². The zero-order valence-corrected chi connectivity index (χ0v) is 13.5. The van der Waals surface area contributed by atoms with Gasteiger partial charge >= 0.3 is 6.03 Å². The standard InChI is InChI=1S/C19H24N2O/c1-14(2)13-20-19(22)21-15(3)16-9-11-18(12-10-16)17-7-5-4-6-8-17/h4-12,14-15H,13H2,1-3H3,(H2,20,21,22)/t15-/m1/s1. The molecule has 0 bridgehead atoms. The normalized spacial score (nSPS) is 12.0. The molecular formula is C19H24N2O. The second kappa shape index (κ2) is 7.64. The van der Waals surface area contributed by atoms with Crippen LogP contribution < -0.4 is 10.6 Å². The SMILES string of the molecule is CC(C)CNC(=O)N[C@H](C)c1ccc(-c2ccccc2)cc1. The van der Waals surface area contributed by atoms with Crippen LogP contribution in [-0.2, 0) is 0 Å². The predicted molar refractivity (Wildman–Crippen MR) is 91.7 cm³/mol. The number of carbonyl (C=O) groups excluding carboxylic acids is 1. The average molecular weight is 296 g/mol. The van der Waals surface area contributed by atoms with Gasteiger partial charge in [0.1, 0.15) is 0 Å². The highest BCUT2D eigenvalue weighted by molar-refractivity contribution is 5.74. The summed E-state index contributed by atoms with van der Waals surface area (Å²) in [6, 6.07) is 18.4. The van der Waals surface area contributed by atoms with E-state index in [1.54, 1.807) is 0 Å². The van der Waals surface area contributed by atoms with Crippen LogP contribution in [0.15, 0.2) is 54.6 Å². The van der Waals surface area contributed by atoms with E-state index in [2.05, 4.69) is 60.9 Å². The molecule has 2 rings (SSSR count). The maximum absolute atomic E-state index is 11.8. The average Bonchev–Trinajstić information content (AvgIpc) is 2.54. The van der Waals surface area contributed by atoms with Crippen LogP contribution in [0.4, 0.5) is 4.79 Å². The molecule has 22 heavy (non-hydrogen) atoms. The Morgan fingerprint density at radius 3 is 2.09 bits per heavy atom. The number of hydrogen-bond donors (Lipinski definition) is 2. The molecule has 0 spiro atoms. The number of urea groups is 1. The van der Waals surface area contributed by atoms with Gasteiger partial charge in [-0.3, -0.25) is 0 Å². The minimum atomic E-state index is -0.117. The Kier molecular flexibility index (Phi) is 5.59. The maximum Gasteiger partial charge on any atom is 0.315 e. The van der Waals surface area contributed by atoms with Crippen molar-refractivity contribution < 1.29 is 4.79 Å². The Morgan fingerprint density at radius 1 is 0.909 bits per heavy atom. The minimum Gasteiger partial charge on any atom is -0.338 e. The molecule has 2 amide bonds. The van der Waals surface area contributed by atoms with Gasteiger partial charge in [-0.15, -0.1) is 0 Å². The molecule has 116 valence electrons. The van der Waals surface area contributed by atoms with E-state index in [1.165, 1.54) is 11.1 Å². The summed E-state index contributed by atoms with van der Waals surface area (Å²) in [4.78, 5) is 11.8. The van der Waals surface area contributed by atoms with Gasteiger partial charge in [-0.2, -0.15) is 0 Å². The molecule has 3 nitrogen and oxygen atoms in total. The Bertz CT molecular complexity index is 591. The van der Waals surface area contributed by atoms with Gasteiger partial charge in [-0.1, -0.05) is 68.4 Å². The lowest BCUT2D eigenvalue weighted by molar-refractivity contribution is 0.236. The predicted octanol–water partition coefficient (Wildman–Crippen LogP) is 4.37. The highest BCUT2D eigenvalue weighted by Gasteiger charge is 2.09. The second-order valence-electron chi connectivity index (χ2n) is 5.96. The van der Waals surface area contributed by atoms with E-state index in [0.717, 1.165) is 5.56 Å². The molecule has 0 saturated heterocycles. The zero-order valence-electron chi connectivity index (χ0n) is 13.5. The van der Waals surface area contributed by atoms with Crippen LogP contribution in [0.3, 0.4) is 0 Å². The van der Waals surface area contributed by atoms with Gasteiger partial charge in [0.25, 0.3) is 0 Å². The third-order valence-electron chi connectivity index (χ3n) is 3.54. The Balaban J connectivity index is 1.96. The lowest BCUT2D eigenvalue weighted by Gasteiger charge is -2.16. The molecular weight excluding hydrogens is 272 g/mol. The third-order valence-corrected chi connectivity index (χ3v) is 3.54. The lowest BCUT2D eigenvalue weighted by atomic mass is 10.0. The van der Waals surface area contributed by atoms with Crippen LogP contribution in [0, 0.1) is 5.92 Å². The van der Waals surface area contributed by atoms with Crippen molar-refractivity contribution in [3.63, 3.8) is 0 Å². The molecule has 2 aromatic rings. The zero-order chi connectivity index (χ0) is 15.9. The fourth-order valence-electron chi connectivity index (χ4n) is 2.22. The number of hydrogen-bond acceptors (Lipinski definition) is 1. The van der Waals surface area contributed by atoms with Crippen molar-refractivity contribution in [2.75, 3.05) is 6.54 Å². The molecule has 0 aliphatic heterocycles. The van der Waals surface area contributed by atoms with Crippen molar-refractivity contribution in [2.45, 2.75) is 26.8 Å². The van der Waals surface area contributed by atoms with Crippen LogP contribution in [0.5, 0.6) is 0 Å². The van der Waals surface area contributed by atoms with Crippen LogP contribution in [0.25, 0.3) is 11.1 Å². The highest BCUT2D eigenvalue weighted by Crippen LogP contribution is 2.21. The van der Waals surface area contributed by atoms with Crippen molar-refractivity contribution in [3.8, 4) is 11.1 Å². The van der Waals surface area contributed by atoms with Crippen molar-refractivity contribution in [1.82, 2.24) is 10.6 Å². The summed E-state index contributed by atoms with van der Waals surface area (Å²) in [7, 11) is 0. The van der Waals surface area contributed by atoms with Crippen LogP contribution in [0.1, 0.15) is 32.4 Å². The molecule has 0 unspecified atom stereocenters. The molecule has 0 aliphatic carbocycles. The van der Waals surface area contributed by atoms with E-state index < -0.39 is 0 Å². The van der Waals surface area contributed by atoms with Gasteiger partial charge in [0.2, 0.25) is 0 Å². The van der Waals surface area contributed by atoms with Crippen molar-refractivity contribution in [2.24, 2.45) is 5.92 Å². The Morgan fingerprint density at radius 2 is 1.50 bits per heavy atom. The summed E-state index contributed by atoms with van der Waals surface area (Å²) >= 11 is 0. The monoisotopic (exact) mass is 296 g/mol. The van der Waals surface area contributed by atoms with Gasteiger partial charge in [0.05, 0.1) is 6.04 Å². The number of carbonyl (C=O) groups is 1. The fraction of sp³-hybridized carbons (Fsp3) is 0.316. The summed E-state index contributed by atoms with van der Waals surface area (Å²) in [5.74, 6) is 0.450. The maximum atomic E-state index is 11.8. The first kappa shape index (κ1) is 16.1. The smallest absolute Gasteiger partial charge is 0.315 e. The summed E-state index contributed by atoms with van der Waals surface area (Å²) in [5, 5.41) is 5.83. The van der Waals surface area contributed by atoms with Crippen molar-refractivity contribution in [1.29, 1.82) is 0 Å². The Labute approximate surface area is 132 Å². The molecule has 0 radical (unpaired) electrons. The topological polar surface area (TPSA) is 41.1 Å². The quantitative estimate of drug-likeness (QED) is 0.845. The molecule has 0 heterocycles. The van der Waals surface area contributed by atoms with Gasteiger partial charge in [-0.25, -0.2) is 4.79 Å². The van der Waals surface area contributed by atoms with Crippen LogP contribution in [0.2, 0.25) is 0 Å². The molecule has 0 aliphatic rings. The van der Waals surface area contributed by atoms with Crippen LogP contribution >= 0.6 is 0 Å². The molecule has 1 atom stereocenters. The first-order chi connectivity index (χ1) is 10.6. The summed E-state index contributed by atoms with van der Waals surface area (Å²) in [5.41, 5.74) is 3.48. The van der Waals surface area contributed by atoms with Gasteiger partial charge in [0, 0.05) is 6.54 Å². The summed E-state index contributed by atoms with van der Waals surface area (Å²) < 4.78 is 0. The van der Waals surface area contributed by atoms with E-state index >= 15 is 0 Å².